The van der Waals surface area contributed by atoms with Crippen LogP contribution in [0.3, 0.4) is 0 Å². The summed E-state index contributed by atoms with van der Waals surface area (Å²) in [5, 5.41) is 17.6. The highest BCUT2D eigenvalue weighted by Crippen LogP contribution is 2.28. The van der Waals surface area contributed by atoms with E-state index in [0.29, 0.717) is 29.2 Å². The van der Waals surface area contributed by atoms with Crippen LogP contribution in [-0.2, 0) is 6.54 Å². The minimum Gasteiger partial charge on any atom is -0.348 e. The van der Waals surface area contributed by atoms with Crippen molar-refractivity contribution < 1.29 is 9.59 Å². The standard InChI is InChI=1S/C15H12N6O2S/c22-13-8-2-1-3-10(9(8)6-17-13)19-15(23)20-11-7-18-21-12(11)14-16-4-5-24-14/h1-5,7H,6H2,(H,17,22)(H,18,21)(H2,19,20,23). The molecule has 1 aromatic carbocycles. The average molecular weight is 340 g/mol. The number of aromatic nitrogens is 3. The topological polar surface area (TPSA) is 112 Å². The van der Waals surface area contributed by atoms with Crippen molar-refractivity contribution in [2.24, 2.45) is 0 Å². The van der Waals surface area contributed by atoms with Crippen LogP contribution in [0, 0.1) is 0 Å². The van der Waals surface area contributed by atoms with Gasteiger partial charge in [-0.3, -0.25) is 9.89 Å². The molecule has 0 unspecified atom stereocenters. The van der Waals surface area contributed by atoms with Crippen LogP contribution < -0.4 is 16.0 Å². The lowest BCUT2D eigenvalue weighted by Crippen LogP contribution is -2.20. The van der Waals surface area contributed by atoms with E-state index in [1.54, 1.807) is 24.4 Å². The van der Waals surface area contributed by atoms with Gasteiger partial charge in [0, 0.05) is 34.9 Å². The third kappa shape index (κ3) is 2.50. The molecular weight excluding hydrogens is 328 g/mol. The van der Waals surface area contributed by atoms with Gasteiger partial charge in [-0.1, -0.05) is 6.07 Å². The maximum Gasteiger partial charge on any atom is 0.323 e. The molecule has 24 heavy (non-hydrogen) atoms. The second-order valence-corrected chi connectivity index (χ2v) is 5.98. The predicted molar refractivity (Wildman–Crippen MR) is 89.9 cm³/mol. The highest BCUT2D eigenvalue weighted by molar-refractivity contribution is 7.13. The molecule has 4 rings (SSSR count). The molecule has 0 atom stereocenters. The molecule has 120 valence electrons. The number of aromatic amines is 1. The second kappa shape index (κ2) is 5.78. The molecule has 3 amide bonds. The molecule has 0 aliphatic carbocycles. The Morgan fingerprint density at radius 2 is 2.12 bits per heavy atom. The largest absolute Gasteiger partial charge is 0.348 e. The molecule has 9 heteroatoms. The fraction of sp³-hybridized carbons (Fsp3) is 0.0667. The Balaban J connectivity index is 1.53. The van der Waals surface area contributed by atoms with Crippen LogP contribution >= 0.6 is 11.3 Å². The number of hydrogen-bond acceptors (Lipinski definition) is 5. The first kappa shape index (κ1) is 14.4. The minimum atomic E-state index is -0.415. The summed E-state index contributed by atoms with van der Waals surface area (Å²) >= 11 is 1.44. The predicted octanol–water partition coefficient (Wildman–Crippen LogP) is 2.42. The number of nitrogens with zero attached hydrogens (tertiary/aromatic N) is 2. The molecule has 0 bridgehead atoms. The Labute approximate surface area is 140 Å². The van der Waals surface area contributed by atoms with Crippen LogP contribution in [0.15, 0.2) is 36.0 Å². The minimum absolute atomic E-state index is 0.130. The highest BCUT2D eigenvalue weighted by Gasteiger charge is 2.22. The molecule has 2 aromatic heterocycles. The van der Waals surface area contributed by atoms with Crippen molar-refractivity contribution in [1.29, 1.82) is 0 Å². The van der Waals surface area contributed by atoms with E-state index in [1.807, 2.05) is 5.38 Å². The van der Waals surface area contributed by atoms with Crippen LogP contribution in [0.2, 0.25) is 0 Å². The summed E-state index contributed by atoms with van der Waals surface area (Å²) in [5.41, 5.74) is 3.15. The summed E-state index contributed by atoms with van der Waals surface area (Å²) in [6.07, 6.45) is 3.21. The van der Waals surface area contributed by atoms with Crippen molar-refractivity contribution in [3.05, 3.63) is 47.1 Å². The number of benzene rings is 1. The molecular formula is C15H12N6O2S. The number of H-pyrrole nitrogens is 1. The number of carbonyl (C=O) groups excluding carboxylic acids is 2. The molecule has 0 saturated carbocycles. The Kier molecular flexibility index (Phi) is 3.47. The van der Waals surface area contributed by atoms with Crippen molar-refractivity contribution in [2.45, 2.75) is 6.54 Å². The van der Waals surface area contributed by atoms with E-state index in [1.165, 1.54) is 17.5 Å². The summed E-state index contributed by atoms with van der Waals surface area (Å²) in [7, 11) is 0. The Hall–Kier alpha value is -3.20. The van der Waals surface area contributed by atoms with Gasteiger partial charge in [-0.2, -0.15) is 5.10 Å². The van der Waals surface area contributed by atoms with Gasteiger partial charge in [0.2, 0.25) is 0 Å². The fourth-order valence-corrected chi connectivity index (χ4v) is 3.18. The van der Waals surface area contributed by atoms with Gasteiger partial charge in [-0.15, -0.1) is 11.3 Å². The number of hydrogen-bond donors (Lipinski definition) is 4. The first-order valence-electron chi connectivity index (χ1n) is 7.13. The number of nitrogens with one attached hydrogen (secondary N) is 4. The number of urea groups is 1. The van der Waals surface area contributed by atoms with Crippen LogP contribution in [0.1, 0.15) is 15.9 Å². The first-order chi connectivity index (χ1) is 11.7. The summed E-state index contributed by atoms with van der Waals surface area (Å²) < 4.78 is 0. The van der Waals surface area contributed by atoms with E-state index >= 15 is 0 Å². The lowest BCUT2D eigenvalue weighted by atomic mass is 10.1. The van der Waals surface area contributed by atoms with Crippen LogP contribution in [0.25, 0.3) is 10.7 Å². The van der Waals surface area contributed by atoms with E-state index < -0.39 is 6.03 Å². The van der Waals surface area contributed by atoms with Crippen molar-refractivity contribution in [1.82, 2.24) is 20.5 Å². The molecule has 0 fully saturated rings. The molecule has 3 heterocycles. The van der Waals surface area contributed by atoms with E-state index in [2.05, 4.69) is 31.1 Å². The maximum absolute atomic E-state index is 12.3. The van der Waals surface area contributed by atoms with Crippen molar-refractivity contribution in [3.63, 3.8) is 0 Å². The lowest BCUT2D eigenvalue weighted by Gasteiger charge is -2.10. The van der Waals surface area contributed by atoms with Gasteiger partial charge >= 0.3 is 6.03 Å². The van der Waals surface area contributed by atoms with Gasteiger partial charge in [0.1, 0.15) is 10.7 Å². The van der Waals surface area contributed by atoms with Gasteiger partial charge in [-0.05, 0) is 12.1 Å². The zero-order chi connectivity index (χ0) is 16.5. The van der Waals surface area contributed by atoms with Gasteiger partial charge in [-0.25, -0.2) is 9.78 Å². The molecule has 1 aliphatic rings. The van der Waals surface area contributed by atoms with Crippen LogP contribution in [0.4, 0.5) is 16.2 Å². The summed E-state index contributed by atoms with van der Waals surface area (Å²) in [5.74, 6) is -0.130. The molecule has 4 N–H and O–H groups in total. The zero-order valence-corrected chi connectivity index (χ0v) is 13.1. The van der Waals surface area contributed by atoms with Gasteiger partial charge in [0.15, 0.2) is 0 Å². The summed E-state index contributed by atoms with van der Waals surface area (Å²) in [6, 6.07) is 4.81. The van der Waals surface area contributed by atoms with Crippen molar-refractivity contribution in [2.75, 3.05) is 10.6 Å². The third-order valence-corrected chi connectivity index (χ3v) is 4.42. The number of thiazole rings is 1. The molecule has 1 aliphatic heterocycles. The summed E-state index contributed by atoms with van der Waals surface area (Å²) in [6.45, 7) is 0.403. The maximum atomic E-state index is 12.3. The van der Waals surface area contributed by atoms with Crippen LogP contribution in [0.5, 0.6) is 0 Å². The molecule has 0 saturated heterocycles. The Morgan fingerprint density at radius 3 is 2.96 bits per heavy atom. The van der Waals surface area contributed by atoms with Gasteiger partial charge in [0.25, 0.3) is 5.91 Å². The van der Waals surface area contributed by atoms with Gasteiger partial charge in [0.05, 0.1) is 11.9 Å². The summed E-state index contributed by atoms with van der Waals surface area (Å²) in [4.78, 5) is 28.2. The SMILES string of the molecule is O=C(Nc1cn[nH]c1-c1nccs1)Nc1cccc2c1CNC2=O. The van der Waals surface area contributed by atoms with Crippen molar-refractivity contribution in [3.8, 4) is 10.7 Å². The molecule has 8 nitrogen and oxygen atoms in total. The highest BCUT2D eigenvalue weighted by atomic mass is 32.1. The number of amides is 3. The molecule has 3 aromatic rings. The Morgan fingerprint density at radius 1 is 1.25 bits per heavy atom. The van der Waals surface area contributed by atoms with E-state index in [0.717, 1.165) is 10.6 Å². The quantitative estimate of drug-likeness (QED) is 0.586. The number of anilines is 2. The molecule has 0 radical (unpaired) electrons. The first-order valence-corrected chi connectivity index (χ1v) is 8.01. The fourth-order valence-electron chi connectivity index (χ4n) is 2.54. The van der Waals surface area contributed by atoms with E-state index in [-0.39, 0.29) is 5.91 Å². The number of fused-ring (bicyclic) bond motifs is 1. The third-order valence-electron chi connectivity index (χ3n) is 3.63. The normalized spacial score (nSPS) is 12.6. The lowest BCUT2D eigenvalue weighted by molar-refractivity contribution is 0.0965. The second-order valence-electron chi connectivity index (χ2n) is 5.09. The molecule has 0 spiro atoms. The monoisotopic (exact) mass is 340 g/mol. The smallest absolute Gasteiger partial charge is 0.323 e. The Bertz CT molecular complexity index is 918. The average Bonchev–Trinajstić information content (AvgIpc) is 3.29. The van der Waals surface area contributed by atoms with Gasteiger partial charge < -0.3 is 16.0 Å². The number of rotatable bonds is 3. The van der Waals surface area contributed by atoms with E-state index in [9.17, 15) is 9.59 Å². The van der Waals surface area contributed by atoms with E-state index in [4.69, 9.17) is 0 Å². The zero-order valence-electron chi connectivity index (χ0n) is 12.3. The van der Waals surface area contributed by atoms with Crippen LogP contribution in [-0.4, -0.2) is 27.1 Å². The number of carbonyl (C=O) groups is 2. The van der Waals surface area contributed by atoms with Crippen molar-refractivity contribution >= 4 is 34.6 Å².